The van der Waals surface area contributed by atoms with Crippen LogP contribution in [0.15, 0.2) is 18.2 Å². The monoisotopic (exact) mass is 220 g/mol. The van der Waals surface area contributed by atoms with E-state index in [1.165, 1.54) is 0 Å². The van der Waals surface area contributed by atoms with Crippen molar-refractivity contribution in [1.29, 1.82) is 0 Å². The van der Waals surface area contributed by atoms with Crippen molar-refractivity contribution in [2.24, 2.45) is 0 Å². The zero-order chi connectivity index (χ0) is 10.8. The third kappa shape index (κ3) is 1.70. The highest BCUT2D eigenvalue weighted by Crippen LogP contribution is 2.35. The highest BCUT2D eigenvalue weighted by Gasteiger charge is 2.30. The molecule has 1 amide bonds. The highest BCUT2D eigenvalue weighted by molar-refractivity contribution is 6.34. The van der Waals surface area contributed by atoms with Gasteiger partial charge in [0.05, 0.1) is 17.3 Å². The van der Waals surface area contributed by atoms with Crippen LogP contribution in [-0.4, -0.2) is 12.5 Å². The highest BCUT2D eigenvalue weighted by atomic mass is 35.5. The molecule has 0 bridgehead atoms. The second kappa shape index (κ2) is 3.93. The SMILES string of the molecule is C#CCNC1C(=O)Nc2c(Cl)cccc21. The van der Waals surface area contributed by atoms with Gasteiger partial charge in [0.2, 0.25) is 5.91 Å². The standard InChI is InChI=1S/C11H9ClN2O/c1-2-6-13-10-7-4-3-5-8(12)9(7)14-11(10)15/h1,3-5,10,13H,6H2,(H,14,15). The summed E-state index contributed by atoms with van der Waals surface area (Å²) in [5, 5.41) is 6.23. The van der Waals surface area contributed by atoms with Crippen molar-refractivity contribution < 1.29 is 4.79 Å². The third-order valence-electron chi connectivity index (χ3n) is 2.28. The summed E-state index contributed by atoms with van der Waals surface area (Å²) in [5.74, 6) is 2.32. The number of hydrogen-bond acceptors (Lipinski definition) is 2. The lowest BCUT2D eigenvalue weighted by Crippen LogP contribution is -2.27. The average Bonchev–Trinajstić information content (AvgIpc) is 2.54. The molecule has 1 unspecified atom stereocenters. The number of benzene rings is 1. The Morgan fingerprint density at radius 1 is 1.60 bits per heavy atom. The number of carbonyl (C=O) groups is 1. The molecule has 0 saturated heterocycles. The van der Waals surface area contributed by atoms with Crippen LogP contribution in [0.1, 0.15) is 11.6 Å². The minimum absolute atomic E-state index is 0.117. The van der Waals surface area contributed by atoms with Crippen LogP contribution >= 0.6 is 11.6 Å². The molecule has 1 aromatic carbocycles. The molecular formula is C11H9ClN2O. The Bertz CT molecular complexity index is 450. The van der Waals surface area contributed by atoms with Crippen molar-refractivity contribution in [1.82, 2.24) is 5.32 Å². The van der Waals surface area contributed by atoms with Crippen molar-refractivity contribution in [3.8, 4) is 12.3 Å². The van der Waals surface area contributed by atoms with Crippen LogP contribution in [0.4, 0.5) is 5.69 Å². The van der Waals surface area contributed by atoms with Crippen LogP contribution < -0.4 is 10.6 Å². The minimum Gasteiger partial charge on any atom is -0.323 e. The molecule has 1 atom stereocenters. The van der Waals surface area contributed by atoms with Crippen LogP contribution in [0.25, 0.3) is 0 Å². The summed E-state index contributed by atoms with van der Waals surface area (Å²) < 4.78 is 0. The Kier molecular flexibility index (Phi) is 2.63. The fourth-order valence-corrected chi connectivity index (χ4v) is 1.84. The molecule has 1 aliphatic heterocycles. The molecule has 0 saturated carbocycles. The fourth-order valence-electron chi connectivity index (χ4n) is 1.61. The molecule has 0 spiro atoms. The summed E-state index contributed by atoms with van der Waals surface area (Å²) in [4.78, 5) is 11.6. The number of nitrogens with one attached hydrogen (secondary N) is 2. The normalized spacial score (nSPS) is 18.1. The predicted molar refractivity (Wildman–Crippen MR) is 59.7 cm³/mol. The number of amides is 1. The van der Waals surface area contributed by atoms with Gasteiger partial charge in [-0.3, -0.25) is 10.1 Å². The smallest absolute Gasteiger partial charge is 0.246 e. The number of carbonyl (C=O) groups excluding carboxylic acids is 1. The van der Waals surface area contributed by atoms with Gasteiger partial charge in [0.25, 0.3) is 0 Å². The van der Waals surface area contributed by atoms with E-state index >= 15 is 0 Å². The van der Waals surface area contributed by atoms with E-state index in [2.05, 4.69) is 16.6 Å². The lowest BCUT2D eigenvalue weighted by Gasteiger charge is -2.08. The second-order valence-electron chi connectivity index (χ2n) is 3.21. The molecular weight excluding hydrogens is 212 g/mol. The van der Waals surface area contributed by atoms with E-state index in [4.69, 9.17) is 18.0 Å². The number of anilines is 1. The lowest BCUT2D eigenvalue weighted by molar-refractivity contribution is -0.117. The number of terminal acetylenes is 1. The van der Waals surface area contributed by atoms with Crippen LogP contribution in [0.2, 0.25) is 5.02 Å². The van der Waals surface area contributed by atoms with E-state index in [0.717, 1.165) is 5.56 Å². The zero-order valence-corrected chi connectivity index (χ0v) is 8.64. The number of para-hydroxylation sites is 1. The van der Waals surface area contributed by atoms with Gasteiger partial charge in [0, 0.05) is 5.56 Å². The molecule has 4 heteroatoms. The van der Waals surface area contributed by atoms with Gasteiger partial charge in [-0.2, -0.15) is 0 Å². The van der Waals surface area contributed by atoms with Gasteiger partial charge in [-0.15, -0.1) is 6.42 Å². The van der Waals surface area contributed by atoms with Gasteiger partial charge in [0.1, 0.15) is 6.04 Å². The maximum Gasteiger partial charge on any atom is 0.246 e. The lowest BCUT2D eigenvalue weighted by atomic mass is 10.1. The molecule has 0 aliphatic carbocycles. The summed E-state index contributed by atoms with van der Waals surface area (Å²) in [6.45, 7) is 0.351. The second-order valence-corrected chi connectivity index (χ2v) is 3.62. The van der Waals surface area contributed by atoms with E-state index in [1.807, 2.05) is 12.1 Å². The fraction of sp³-hybridized carbons (Fsp3) is 0.182. The molecule has 2 rings (SSSR count). The molecule has 3 nitrogen and oxygen atoms in total. The van der Waals surface area contributed by atoms with Crippen LogP contribution in [0.3, 0.4) is 0 Å². The van der Waals surface area contributed by atoms with E-state index in [0.29, 0.717) is 17.3 Å². The topological polar surface area (TPSA) is 41.1 Å². The minimum atomic E-state index is -0.394. The average molecular weight is 221 g/mol. The van der Waals surface area contributed by atoms with Crippen molar-refractivity contribution in [2.75, 3.05) is 11.9 Å². The molecule has 0 aromatic heterocycles. The van der Waals surface area contributed by atoms with E-state index in [1.54, 1.807) is 6.07 Å². The summed E-state index contributed by atoms with van der Waals surface area (Å²) in [6.07, 6.45) is 5.13. The first kappa shape index (κ1) is 10.0. The number of halogens is 1. The summed E-state index contributed by atoms with van der Waals surface area (Å²) in [6, 6.07) is 5.01. The van der Waals surface area contributed by atoms with Crippen molar-refractivity contribution in [2.45, 2.75) is 6.04 Å². The van der Waals surface area contributed by atoms with Gasteiger partial charge in [-0.05, 0) is 6.07 Å². The van der Waals surface area contributed by atoms with E-state index < -0.39 is 6.04 Å². The maximum atomic E-state index is 11.6. The largest absolute Gasteiger partial charge is 0.323 e. The molecule has 0 radical (unpaired) electrons. The van der Waals surface area contributed by atoms with Crippen LogP contribution in [0, 0.1) is 12.3 Å². The van der Waals surface area contributed by atoms with Gasteiger partial charge in [-0.25, -0.2) is 0 Å². The number of fused-ring (bicyclic) bond motifs is 1. The van der Waals surface area contributed by atoms with Crippen molar-refractivity contribution in [3.05, 3.63) is 28.8 Å². The summed E-state index contributed by atoms with van der Waals surface area (Å²) in [7, 11) is 0. The first-order chi connectivity index (χ1) is 7.24. The Hall–Kier alpha value is -1.50. The molecule has 1 aliphatic rings. The predicted octanol–water partition coefficient (Wildman–Crippen LogP) is 1.56. The maximum absolute atomic E-state index is 11.6. The Morgan fingerprint density at radius 2 is 2.40 bits per heavy atom. The molecule has 1 heterocycles. The van der Waals surface area contributed by atoms with E-state index in [9.17, 15) is 4.79 Å². The quantitative estimate of drug-likeness (QED) is 0.743. The summed E-state index contributed by atoms with van der Waals surface area (Å²) >= 11 is 5.95. The van der Waals surface area contributed by atoms with Crippen molar-refractivity contribution in [3.63, 3.8) is 0 Å². The molecule has 76 valence electrons. The molecule has 1 aromatic rings. The van der Waals surface area contributed by atoms with Crippen molar-refractivity contribution >= 4 is 23.2 Å². The van der Waals surface area contributed by atoms with Crippen LogP contribution in [-0.2, 0) is 4.79 Å². The number of hydrogen-bond donors (Lipinski definition) is 2. The Labute approximate surface area is 92.8 Å². The zero-order valence-electron chi connectivity index (χ0n) is 7.88. The molecule has 0 fully saturated rings. The van der Waals surface area contributed by atoms with Gasteiger partial charge in [-0.1, -0.05) is 29.7 Å². The van der Waals surface area contributed by atoms with Crippen LogP contribution in [0.5, 0.6) is 0 Å². The van der Waals surface area contributed by atoms with Gasteiger partial charge < -0.3 is 5.32 Å². The first-order valence-corrected chi connectivity index (χ1v) is 4.88. The number of rotatable bonds is 2. The third-order valence-corrected chi connectivity index (χ3v) is 2.59. The Morgan fingerprint density at radius 3 is 3.13 bits per heavy atom. The first-order valence-electron chi connectivity index (χ1n) is 4.50. The Balaban J connectivity index is 2.34. The van der Waals surface area contributed by atoms with Gasteiger partial charge >= 0.3 is 0 Å². The van der Waals surface area contributed by atoms with Gasteiger partial charge in [0.15, 0.2) is 0 Å². The van der Waals surface area contributed by atoms with E-state index in [-0.39, 0.29) is 5.91 Å². The molecule has 15 heavy (non-hydrogen) atoms. The molecule has 2 N–H and O–H groups in total. The summed E-state index contributed by atoms with van der Waals surface area (Å²) in [5.41, 5.74) is 1.53.